The minimum Gasteiger partial charge on any atom is -0.379 e. The molecule has 0 aromatic heterocycles. The predicted molar refractivity (Wildman–Crippen MR) is 71.0 cm³/mol. The fraction of sp³-hybridized carbons (Fsp3) is 0.385. The van der Waals surface area contributed by atoms with Crippen LogP contribution in [0, 0.1) is 0 Å². The van der Waals surface area contributed by atoms with Gasteiger partial charge in [0.15, 0.2) is 0 Å². The summed E-state index contributed by atoms with van der Waals surface area (Å²) in [5, 5.41) is 3.60. The fourth-order valence-corrected chi connectivity index (χ4v) is 3.58. The number of hydrogen-bond donors (Lipinski definition) is 1. The number of nitrogens with one attached hydrogen (secondary N) is 1. The zero-order valence-electron chi connectivity index (χ0n) is 9.75. The van der Waals surface area contributed by atoms with Crippen LogP contribution in [0.1, 0.15) is 5.56 Å². The second-order valence-electron chi connectivity index (χ2n) is 5.46. The van der Waals surface area contributed by atoms with Gasteiger partial charge in [-0.3, -0.25) is 0 Å². The molecule has 0 saturated heterocycles. The summed E-state index contributed by atoms with van der Waals surface area (Å²) < 4.78 is 0. The zero-order chi connectivity index (χ0) is 10.9. The molecule has 0 fully saturated rings. The van der Waals surface area contributed by atoms with Crippen LogP contribution >= 0.6 is 0 Å². The normalized spacial score (nSPS) is 19.5. The van der Waals surface area contributed by atoms with Gasteiger partial charge in [0.05, 0.1) is 0 Å². The van der Waals surface area contributed by atoms with E-state index in [0.29, 0.717) is 6.04 Å². The molecule has 1 unspecified atom stereocenters. The SMILES string of the molecule is C[Si](C)(C)CC1C=Cc2ccccc2N1. The third-order valence-electron chi connectivity index (χ3n) is 2.64. The van der Waals surface area contributed by atoms with E-state index < -0.39 is 8.07 Å². The Morgan fingerprint density at radius 1 is 1.20 bits per heavy atom. The number of benzene rings is 1. The van der Waals surface area contributed by atoms with Crippen molar-refractivity contribution in [1.82, 2.24) is 0 Å². The first-order valence-electron chi connectivity index (χ1n) is 5.58. The molecule has 2 rings (SSSR count). The highest BCUT2D eigenvalue weighted by Gasteiger charge is 2.20. The minimum absolute atomic E-state index is 0.534. The molecule has 1 atom stereocenters. The van der Waals surface area contributed by atoms with Gasteiger partial charge in [0.1, 0.15) is 0 Å². The molecule has 2 heteroatoms. The van der Waals surface area contributed by atoms with Gasteiger partial charge in [-0.2, -0.15) is 0 Å². The molecule has 1 aromatic rings. The number of fused-ring (bicyclic) bond motifs is 1. The van der Waals surface area contributed by atoms with Gasteiger partial charge in [-0.1, -0.05) is 50.0 Å². The Bertz CT molecular complexity index is 376. The van der Waals surface area contributed by atoms with Crippen LogP contribution in [0.2, 0.25) is 25.7 Å². The molecule has 0 radical (unpaired) electrons. The maximum absolute atomic E-state index is 3.60. The van der Waals surface area contributed by atoms with Crippen LogP contribution in [-0.2, 0) is 0 Å². The van der Waals surface area contributed by atoms with Crippen LogP contribution in [0.3, 0.4) is 0 Å². The molecule has 1 N–H and O–H groups in total. The maximum atomic E-state index is 3.60. The lowest BCUT2D eigenvalue weighted by Crippen LogP contribution is -2.31. The highest BCUT2D eigenvalue weighted by molar-refractivity contribution is 6.76. The molecule has 1 aromatic carbocycles. The van der Waals surface area contributed by atoms with Crippen LogP contribution < -0.4 is 5.32 Å². The molecule has 0 amide bonds. The van der Waals surface area contributed by atoms with Gasteiger partial charge >= 0.3 is 0 Å². The predicted octanol–water partition coefficient (Wildman–Crippen LogP) is 3.83. The summed E-state index contributed by atoms with van der Waals surface area (Å²) in [7, 11) is -0.980. The van der Waals surface area contributed by atoms with Gasteiger partial charge in [-0.25, -0.2) is 0 Å². The summed E-state index contributed by atoms with van der Waals surface area (Å²) in [6.45, 7) is 7.26. The van der Waals surface area contributed by atoms with E-state index in [1.54, 1.807) is 0 Å². The first-order chi connectivity index (χ1) is 7.04. The van der Waals surface area contributed by atoms with Crippen molar-refractivity contribution >= 4 is 19.8 Å². The van der Waals surface area contributed by atoms with Crippen LogP contribution in [-0.4, -0.2) is 14.1 Å². The zero-order valence-corrected chi connectivity index (χ0v) is 10.7. The van der Waals surface area contributed by atoms with E-state index in [4.69, 9.17) is 0 Å². The van der Waals surface area contributed by atoms with Crippen molar-refractivity contribution < 1.29 is 0 Å². The molecule has 1 aliphatic rings. The topological polar surface area (TPSA) is 12.0 Å². The van der Waals surface area contributed by atoms with Crippen molar-refractivity contribution in [3.63, 3.8) is 0 Å². The van der Waals surface area contributed by atoms with Crippen molar-refractivity contribution in [3.8, 4) is 0 Å². The summed E-state index contributed by atoms with van der Waals surface area (Å²) in [5.74, 6) is 0. The largest absolute Gasteiger partial charge is 0.379 e. The van der Waals surface area contributed by atoms with Crippen molar-refractivity contribution in [1.29, 1.82) is 0 Å². The molecule has 1 aliphatic heterocycles. The second-order valence-corrected chi connectivity index (χ2v) is 11.0. The number of anilines is 1. The molecule has 1 heterocycles. The van der Waals surface area contributed by atoms with Gasteiger partial charge in [-0.05, 0) is 17.7 Å². The van der Waals surface area contributed by atoms with Crippen molar-refractivity contribution in [3.05, 3.63) is 35.9 Å². The molecule has 0 saturated carbocycles. The van der Waals surface area contributed by atoms with Gasteiger partial charge < -0.3 is 5.32 Å². The summed E-state index contributed by atoms with van der Waals surface area (Å²) in [6.07, 6.45) is 4.55. The molecule has 1 nitrogen and oxygen atoms in total. The molecule has 15 heavy (non-hydrogen) atoms. The summed E-state index contributed by atoms with van der Waals surface area (Å²) >= 11 is 0. The van der Waals surface area contributed by atoms with E-state index in [1.807, 2.05) is 0 Å². The smallest absolute Gasteiger partial charge is 0.0466 e. The standard InChI is InChI=1S/C13H19NSi/c1-15(2,3)10-12-9-8-11-6-4-5-7-13(11)14-12/h4-9,12,14H,10H2,1-3H3. The van der Waals surface area contributed by atoms with E-state index in [1.165, 1.54) is 17.3 Å². The van der Waals surface area contributed by atoms with Crippen LogP contribution in [0.15, 0.2) is 30.3 Å². The van der Waals surface area contributed by atoms with E-state index in [0.717, 1.165) is 0 Å². The fourth-order valence-electron chi connectivity index (χ4n) is 2.02. The average molecular weight is 217 g/mol. The van der Waals surface area contributed by atoms with Crippen molar-refractivity contribution in [2.75, 3.05) is 5.32 Å². The van der Waals surface area contributed by atoms with Crippen LogP contribution in [0.4, 0.5) is 5.69 Å². The molecule has 80 valence electrons. The Morgan fingerprint density at radius 2 is 1.93 bits per heavy atom. The molecular weight excluding hydrogens is 198 g/mol. The molecular formula is C13H19NSi. The number of hydrogen-bond acceptors (Lipinski definition) is 1. The first-order valence-corrected chi connectivity index (χ1v) is 9.29. The van der Waals surface area contributed by atoms with Crippen LogP contribution in [0.5, 0.6) is 0 Å². The summed E-state index contributed by atoms with van der Waals surface area (Å²) in [6, 6.07) is 10.3. The van der Waals surface area contributed by atoms with E-state index in [9.17, 15) is 0 Å². The number of para-hydroxylation sites is 1. The van der Waals surface area contributed by atoms with E-state index >= 15 is 0 Å². The molecule has 0 spiro atoms. The maximum Gasteiger partial charge on any atom is 0.0466 e. The highest BCUT2D eigenvalue weighted by atomic mass is 28.3. The quantitative estimate of drug-likeness (QED) is 0.742. The van der Waals surface area contributed by atoms with Gasteiger partial charge in [0.25, 0.3) is 0 Å². The lowest BCUT2D eigenvalue weighted by atomic mass is 10.1. The third-order valence-corrected chi connectivity index (χ3v) is 4.31. The highest BCUT2D eigenvalue weighted by Crippen LogP contribution is 2.25. The molecule has 0 bridgehead atoms. The summed E-state index contributed by atoms with van der Waals surface area (Å²) in [5.41, 5.74) is 2.59. The Hall–Kier alpha value is -1.02. The average Bonchev–Trinajstić information content (AvgIpc) is 2.15. The van der Waals surface area contributed by atoms with E-state index in [-0.39, 0.29) is 0 Å². The Kier molecular flexibility index (Phi) is 2.70. The summed E-state index contributed by atoms with van der Waals surface area (Å²) in [4.78, 5) is 0. The van der Waals surface area contributed by atoms with Crippen molar-refractivity contribution in [2.45, 2.75) is 31.7 Å². The lowest BCUT2D eigenvalue weighted by molar-refractivity contribution is 0.963. The lowest BCUT2D eigenvalue weighted by Gasteiger charge is -2.27. The Labute approximate surface area is 93.2 Å². The van der Waals surface area contributed by atoms with Gasteiger partial charge in [0.2, 0.25) is 0 Å². The first kappa shape index (κ1) is 10.5. The Balaban J connectivity index is 2.13. The van der Waals surface area contributed by atoms with E-state index in [2.05, 4.69) is 61.4 Å². The third kappa shape index (κ3) is 2.72. The minimum atomic E-state index is -0.980. The van der Waals surface area contributed by atoms with Crippen LogP contribution in [0.25, 0.3) is 6.08 Å². The Morgan fingerprint density at radius 3 is 2.67 bits per heavy atom. The van der Waals surface area contributed by atoms with Gasteiger partial charge in [-0.15, -0.1) is 0 Å². The molecule has 0 aliphatic carbocycles. The number of rotatable bonds is 2. The van der Waals surface area contributed by atoms with Gasteiger partial charge in [0, 0.05) is 19.8 Å². The second kappa shape index (κ2) is 3.85. The monoisotopic (exact) mass is 217 g/mol. The van der Waals surface area contributed by atoms with Crippen molar-refractivity contribution in [2.24, 2.45) is 0 Å².